The first kappa shape index (κ1) is 12.9. The highest BCUT2D eigenvalue weighted by Crippen LogP contribution is 2.24. The van der Waals surface area contributed by atoms with E-state index in [2.05, 4.69) is 0 Å². The van der Waals surface area contributed by atoms with Crippen molar-refractivity contribution in [1.29, 1.82) is 5.26 Å². The highest BCUT2D eigenvalue weighted by molar-refractivity contribution is 7.89. The fourth-order valence-corrected chi connectivity index (χ4v) is 3.29. The van der Waals surface area contributed by atoms with Gasteiger partial charge in [-0.15, -0.1) is 0 Å². The van der Waals surface area contributed by atoms with Crippen LogP contribution in [0.15, 0.2) is 0 Å². The van der Waals surface area contributed by atoms with Gasteiger partial charge in [0.15, 0.2) is 5.75 Å². The van der Waals surface area contributed by atoms with Crippen molar-refractivity contribution in [2.45, 2.75) is 19.4 Å². The van der Waals surface area contributed by atoms with Crippen LogP contribution >= 0.6 is 0 Å². The number of amides is 1. The van der Waals surface area contributed by atoms with Gasteiger partial charge in [0.05, 0.1) is 6.07 Å². The minimum Gasteiger partial charge on any atom is -0.343 e. The molecule has 0 atom stereocenters. The van der Waals surface area contributed by atoms with E-state index in [4.69, 9.17) is 5.26 Å². The average molecular weight is 245 g/mol. The van der Waals surface area contributed by atoms with Crippen LogP contribution in [0.5, 0.6) is 0 Å². The largest absolute Gasteiger partial charge is 0.343 e. The van der Waals surface area contributed by atoms with Crippen molar-refractivity contribution in [1.82, 2.24) is 9.21 Å². The van der Waals surface area contributed by atoms with Crippen LogP contribution in [0.2, 0.25) is 0 Å². The summed E-state index contributed by atoms with van der Waals surface area (Å²) in [7, 11) is -2.04. The normalized spacial score (nSPS) is 21.9. The Morgan fingerprint density at radius 3 is 2.50 bits per heavy atom. The third-order valence-corrected chi connectivity index (χ3v) is 4.52. The highest BCUT2D eigenvalue weighted by Gasteiger charge is 2.46. The van der Waals surface area contributed by atoms with Crippen molar-refractivity contribution < 1.29 is 13.2 Å². The minimum absolute atomic E-state index is 0.235. The van der Waals surface area contributed by atoms with Gasteiger partial charge in [0.25, 0.3) is 0 Å². The summed E-state index contributed by atoms with van der Waals surface area (Å²) in [5, 5.41) is 8.47. The maximum Gasteiger partial charge on any atom is 0.243 e. The predicted molar refractivity (Wildman–Crippen MR) is 57.8 cm³/mol. The van der Waals surface area contributed by atoms with Crippen LogP contribution < -0.4 is 0 Å². The first-order chi connectivity index (χ1) is 7.23. The van der Waals surface area contributed by atoms with E-state index in [1.807, 2.05) is 0 Å². The number of nitrogens with zero attached hydrogens (tertiary/aromatic N) is 3. The van der Waals surface area contributed by atoms with Gasteiger partial charge in [-0.25, -0.2) is 8.42 Å². The number of carbonyl (C=O) groups excluding carboxylic acids is 1. The molecule has 0 aromatic rings. The Bertz CT molecular complexity index is 435. The zero-order valence-electron chi connectivity index (χ0n) is 9.60. The van der Waals surface area contributed by atoms with E-state index in [0.29, 0.717) is 6.54 Å². The Morgan fingerprint density at radius 1 is 1.44 bits per heavy atom. The van der Waals surface area contributed by atoms with Crippen molar-refractivity contribution in [2.24, 2.45) is 0 Å². The van der Waals surface area contributed by atoms with E-state index in [0.717, 1.165) is 4.31 Å². The molecule has 1 amide bonds. The fourth-order valence-electron chi connectivity index (χ4n) is 1.84. The van der Waals surface area contributed by atoms with E-state index >= 15 is 0 Å². The first-order valence-electron chi connectivity index (χ1n) is 4.86. The number of hydrogen-bond donors (Lipinski definition) is 0. The Balaban J connectivity index is 3.09. The SMILES string of the molecule is CN1CCN(S(=O)(=O)CC#N)C(C)(C)C1=O. The van der Waals surface area contributed by atoms with Gasteiger partial charge in [-0.05, 0) is 13.8 Å². The monoisotopic (exact) mass is 245 g/mol. The van der Waals surface area contributed by atoms with Gasteiger partial charge in [-0.1, -0.05) is 0 Å². The van der Waals surface area contributed by atoms with Gasteiger partial charge < -0.3 is 4.90 Å². The van der Waals surface area contributed by atoms with Crippen molar-refractivity contribution in [3.05, 3.63) is 0 Å². The van der Waals surface area contributed by atoms with Gasteiger partial charge in [0.1, 0.15) is 5.54 Å². The molecule has 0 unspecified atom stereocenters. The topological polar surface area (TPSA) is 81.5 Å². The quantitative estimate of drug-likeness (QED) is 0.650. The number of sulfonamides is 1. The third kappa shape index (κ3) is 2.03. The molecule has 1 rings (SSSR count). The lowest BCUT2D eigenvalue weighted by atomic mass is 10.0. The summed E-state index contributed by atoms with van der Waals surface area (Å²) >= 11 is 0. The van der Waals surface area contributed by atoms with Crippen LogP contribution in [-0.4, -0.2) is 55.0 Å². The van der Waals surface area contributed by atoms with Crippen LogP contribution in [0.25, 0.3) is 0 Å². The summed E-state index contributed by atoms with van der Waals surface area (Å²) < 4.78 is 24.7. The van der Waals surface area contributed by atoms with Crippen LogP contribution in [0, 0.1) is 11.3 Å². The summed E-state index contributed by atoms with van der Waals surface area (Å²) in [4.78, 5) is 13.3. The molecule has 7 heteroatoms. The summed E-state index contributed by atoms with van der Waals surface area (Å²) in [6.45, 7) is 3.70. The first-order valence-corrected chi connectivity index (χ1v) is 6.47. The second-order valence-electron chi connectivity index (χ2n) is 4.27. The van der Waals surface area contributed by atoms with Gasteiger partial charge in [0.2, 0.25) is 15.9 Å². The van der Waals surface area contributed by atoms with Crippen LogP contribution in [-0.2, 0) is 14.8 Å². The van der Waals surface area contributed by atoms with Gasteiger partial charge >= 0.3 is 0 Å². The third-order valence-electron chi connectivity index (χ3n) is 2.71. The zero-order chi connectivity index (χ0) is 12.6. The Labute approximate surface area is 95.5 Å². The molecule has 1 fully saturated rings. The molecule has 90 valence electrons. The smallest absolute Gasteiger partial charge is 0.243 e. The molecule has 0 N–H and O–H groups in total. The average Bonchev–Trinajstić information content (AvgIpc) is 2.13. The standard InChI is InChI=1S/C9H15N3O3S/c1-9(2)8(13)11(3)5-6-12(9)16(14,15)7-4-10/h5-7H2,1-3H3. The van der Waals surface area contributed by atoms with Gasteiger partial charge in [-0.2, -0.15) is 9.57 Å². The zero-order valence-corrected chi connectivity index (χ0v) is 10.4. The Hall–Kier alpha value is -1.13. The van der Waals surface area contributed by atoms with E-state index in [1.54, 1.807) is 27.0 Å². The number of piperazine rings is 1. The van der Waals surface area contributed by atoms with Gasteiger partial charge in [0, 0.05) is 20.1 Å². The van der Waals surface area contributed by atoms with Crippen molar-refractivity contribution in [2.75, 3.05) is 25.9 Å². The van der Waals surface area contributed by atoms with Crippen molar-refractivity contribution >= 4 is 15.9 Å². The summed E-state index contributed by atoms with van der Waals surface area (Å²) in [6.07, 6.45) is 0. The summed E-state index contributed by atoms with van der Waals surface area (Å²) in [5.74, 6) is -0.840. The van der Waals surface area contributed by atoms with Crippen LogP contribution in [0.3, 0.4) is 0 Å². The molecular formula is C9H15N3O3S. The number of nitriles is 1. The van der Waals surface area contributed by atoms with Crippen LogP contribution in [0.1, 0.15) is 13.8 Å². The summed E-state index contributed by atoms with van der Waals surface area (Å²) in [5.41, 5.74) is -1.11. The maximum atomic E-state index is 11.8. The van der Waals surface area contributed by atoms with Crippen LogP contribution in [0.4, 0.5) is 0 Å². The molecule has 0 aliphatic carbocycles. The molecule has 6 nitrogen and oxygen atoms in total. The van der Waals surface area contributed by atoms with Crippen molar-refractivity contribution in [3.8, 4) is 6.07 Å². The predicted octanol–water partition coefficient (Wildman–Crippen LogP) is -0.608. The highest BCUT2D eigenvalue weighted by atomic mass is 32.2. The maximum absolute atomic E-state index is 11.8. The lowest BCUT2D eigenvalue weighted by Crippen LogP contribution is -2.63. The molecule has 1 saturated heterocycles. The molecule has 0 aromatic heterocycles. The molecule has 1 heterocycles. The second kappa shape index (κ2) is 4.03. The lowest BCUT2D eigenvalue weighted by Gasteiger charge is -2.43. The molecule has 0 bridgehead atoms. The Kier molecular flexibility index (Phi) is 3.26. The molecular weight excluding hydrogens is 230 g/mol. The van der Waals surface area contributed by atoms with E-state index < -0.39 is 21.3 Å². The molecule has 1 aliphatic rings. The number of carbonyl (C=O) groups is 1. The van der Waals surface area contributed by atoms with E-state index in [1.165, 1.54) is 4.90 Å². The minimum atomic E-state index is -3.67. The molecule has 16 heavy (non-hydrogen) atoms. The van der Waals surface area contributed by atoms with E-state index in [-0.39, 0.29) is 12.5 Å². The molecule has 0 radical (unpaired) electrons. The molecule has 0 spiro atoms. The van der Waals surface area contributed by atoms with Crippen molar-refractivity contribution in [3.63, 3.8) is 0 Å². The summed E-state index contributed by atoms with van der Waals surface area (Å²) in [6, 6.07) is 1.61. The number of hydrogen-bond acceptors (Lipinski definition) is 4. The second-order valence-corrected chi connectivity index (χ2v) is 6.17. The lowest BCUT2D eigenvalue weighted by molar-refractivity contribution is -0.142. The molecule has 0 aromatic carbocycles. The van der Waals surface area contributed by atoms with Gasteiger partial charge in [-0.3, -0.25) is 4.79 Å². The Morgan fingerprint density at radius 2 is 2.00 bits per heavy atom. The van der Waals surface area contributed by atoms with E-state index in [9.17, 15) is 13.2 Å². The number of rotatable bonds is 2. The number of likely N-dealkylation sites (N-methyl/N-ethyl adjacent to an activating group) is 1. The molecule has 0 saturated carbocycles. The molecule has 1 aliphatic heterocycles. The fraction of sp³-hybridized carbons (Fsp3) is 0.778.